The van der Waals surface area contributed by atoms with Crippen LogP contribution in [-0.4, -0.2) is 17.1 Å². The van der Waals surface area contributed by atoms with E-state index in [-0.39, 0.29) is 34.3 Å². The van der Waals surface area contributed by atoms with E-state index in [0.717, 1.165) is 12.1 Å². The Bertz CT molecular complexity index is 1170. The molecule has 0 spiro atoms. The first kappa shape index (κ1) is 25.4. The van der Waals surface area contributed by atoms with Gasteiger partial charge in [0.1, 0.15) is 17.2 Å². The van der Waals surface area contributed by atoms with Gasteiger partial charge in [-0.3, -0.25) is 4.98 Å². The molecule has 1 unspecified atom stereocenters. The summed E-state index contributed by atoms with van der Waals surface area (Å²) in [6.07, 6.45) is -3.99. The second-order valence-corrected chi connectivity index (χ2v) is 8.45. The van der Waals surface area contributed by atoms with Crippen LogP contribution >= 0.6 is 11.6 Å². The molecule has 10 heteroatoms. The first-order valence-electron chi connectivity index (χ1n) is 10.2. The molecule has 1 heterocycles. The number of rotatable bonds is 6. The van der Waals surface area contributed by atoms with Gasteiger partial charge in [0, 0.05) is 18.7 Å². The van der Waals surface area contributed by atoms with Crippen molar-refractivity contribution in [1.29, 1.82) is 0 Å². The quantitative estimate of drug-likeness (QED) is 0.397. The standard InChI is InChI=1S/C24H21ClF5N3O/c1-14(2)32-22(34)33-23(21-8-7-18(25)13-31-21,12-15-5-3-4-6-20(15)27)16-9-17(24(28,29)30)11-19(26)10-16/h3-11,13-14H,12H2,1-2H3,(H2,32,33,34). The largest absolute Gasteiger partial charge is 0.416 e. The predicted molar refractivity (Wildman–Crippen MR) is 118 cm³/mol. The molecule has 0 aliphatic rings. The number of amides is 2. The molecule has 0 saturated carbocycles. The predicted octanol–water partition coefficient (Wildman–Crippen LogP) is 6.23. The SMILES string of the molecule is CC(C)NC(=O)NC(Cc1ccccc1F)(c1cc(F)cc(C(F)(F)F)c1)c1ccc(Cl)cn1. The summed E-state index contributed by atoms with van der Waals surface area (Å²) < 4.78 is 69.8. The van der Waals surface area contributed by atoms with E-state index >= 15 is 0 Å². The number of carbonyl (C=O) groups is 1. The van der Waals surface area contributed by atoms with Crippen molar-refractivity contribution in [3.05, 3.63) is 99.8 Å². The number of aromatic nitrogens is 1. The maximum atomic E-state index is 14.7. The number of carbonyl (C=O) groups excluding carboxylic acids is 1. The fourth-order valence-electron chi connectivity index (χ4n) is 3.57. The second kappa shape index (κ2) is 9.97. The Morgan fingerprint density at radius 2 is 1.71 bits per heavy atom. The van der Waals surface area contributed by atoms with Crippen LogP contribution < -0.4 is 10.6 Å². The van der Waals surface area contributed by atoms with Gasteiger partial charge in [0.2, 0.25) is 0 Å². The number of nitrogens with one attached hydrogen (secondary N) is 2. The first-order chi connectivity index (χ1) is 15.9. The Hall–Kier alpha value is -3.20. The van der Waals surface area contributed by atoms with Crippen LogP contribution in [0.15, 0.2) is 60.8 Å². The number of nitrogens with zero attached hydrogens (tertiary/aromatic N) is 1. The van der Waals surface area contributed by atoms with E-state index in [2.05, 4.69) is 15.6 Å². The van der Waals surface area contributed by atoms with E-state index in [1.54, 1.807) is 19.9 Å². The molecule has 0 bridgehead atoms. The van der Waals surface area contributed by atoms with Gasteiger partial charge in [0.25, 0.3) is 0 Å². The van der Waals surface area contributed by atoms with Crippen LogP contribution in [0.1, 0.15) is 36.2 Å². The summed E-state index contributed by atoms with van der Waals surface area (Å²) >= 11 is 5.95. The van der Waals surface area contributed by atoms with Crippen molar-refractivity contribution >= 4 is 17.6 Å². The third-order valence-corrected chi connectivity index (χ3v) is 5.27. The zero-order valence-corrected chi connectivity index (χ0v) is 18.9. The minimum Gasteiger partial charge on any atom is -0.336 e. The normalized spacial score (nSPS) is 13.4. The van der Waals surface area contributed by atoms with E-state index in [9.17, 15) is 26.7 Å². The lowest BCUT2D eigenvalue weighted by atomic mass is 9.79. The summed E-state index contributed by atoms with van der Waals surface area (Å²) in [5, 5.41) is 5.46. The highest BCUT2D eigenvalue weighted by atomic mass is 35.5. The number of hydrogen-bond donors (Lipinski definition) is 2. The van der Waals surface area contributed by atoms with Crippen LogP contribution in [0, 0.1) is 11.6 Å². The average Bonchev–Trinajstić information content (AvgIpc) is 2.73. The topological polar surface area (TPSA) is 54.0 Å². The summed E-state index contributed by atoms with van der Waals surface area (Å²) in [7, 11) is 0. The van der Waals surface area contributed by atoms with E-state index in [1.165, 1.54) is 36.5 Å². The van der Waals surface area contributed by atoms with Crippen molar-refractivity contribution in [2.24, 2.45) is 0 Å². The van der Waals surface area contributed by atoms with E-state index in [4.69, 9.17) is 11.6 Å². The monoisotopic (exact) mass is 497 g/mol. The second-order valence-electron chi connectivity index (χ2n) is 8.01. The molecule has 0 radical (unpaired) electrons. The molecule has 2 aromatic carbocycles. The van der Waals surface area contributed by atoms with Crippen molar-refractivity contribution in [3.63, 3.8) is 0 Å². The van der Waals surface area contributed by atoms with Crippen molar-refractivity contribution < 1.29 is 26.7 Å². The van der Waals surface area contributed by atoms with Crippen LogP contribution in [0.25, 0.3) is 0 Å². The summed E-state index contributed by atoms with van der Waals surface area (Å²) in [4.78, 5) is 17.0. The molecule has 2 amide bonds. The van der Waals surface area contributed by atoms with Gasteiger partial charge in [0.05, 0.1) is 16.3 Å². The van der Waals surface area contributed by atoms with Crippen molar-refractivity contribution in [2.75, 3.05) is 0 Å². The smallest absolute Gasteiger partial charge is 0.336 e. The van der Waals surface area contributed by atoms with Gasteiger partial charge < -0.3 is 10.6 Å². The van der Waals surface area contributed by atoms with Crippen molar-refractivity contribution in [2.45, 2.75) is 38.0 Å². The molecule has 3 aromatic rings. The summed E-state index contributed by atoms with van der Waals surface area (Å²) in [5.74, 6) is -1.83. The molecule has 0 saturated heterocycles. The Morgan fingerprint density at radius 1 is 1.03 bits per heavy atom. The number of halogens is 6. The third-order valence-electron chi connectivity index (χ3n) is 5.04. The number of alkyl halides is 3. The first-order valence-corrected chi connectivity index (χ1v) is 10.6. The van der Waals surface area contributed by atoms with Crippen LogP contribution in [-0.2, 0) is 18.1 Å². The van der Waals surface area contributed by atoms with E-state index in [1.807, 2.05) is 0 Å². The third kappa shape index (κ3) is 5.83. The van der Waals surface area contributed by atoms with Gasteiger partial charge in [-0.15, -0.1) is 0 Å². The maximum absolute atomic E-state index is 14.7. The van der Waals surface area contributed by atoms with Gasteiger partial charge in [-0.1, -0.05) is 29.8 Å². The number of pyridine rings is 1. The lowest BCUT2D eigenvalue weighted by molar-refractivity contribution is -0.137. The Balaban J connectivity index is 2.32. The van der Waals surface area contributed by atoms with Gasteiger partial charge in [-0.2, -0.15) is 13.2 Å². The fourth-order valence-corrected chi connectivity index (χ4v) is 3.68. The van der Waals surface area contributed by atoms with Crippen LogP contribution in [0.5, 0.6) is 0 Å². The number of benzene rings is 2. The molecule has 4 nitrogen and oxygen atoms in total. The Kier molecular flexibility index (Phi) is 7.45. The molecule has 34 heavy (non-hydrogen) atoms. The molecular formula is C24H21ClF5N3O. The van der Waals surface area contributed by atoms with Gasteiger partial charge >= 0.3 is 12.2 Å². The average molecular weight is 498 g/mol. The Morgan fingerprint density at radius 3 is 2.29 bits per heavy atom. The molecule has 0 fully saturated rings. The van der Waals surface area contributed by atoms with Crippen molar-refractivity contribution in [3.8, 4) is 0 Å². The summed E-state index contributed by atoms with van der Waals surface area (Å²) in [6, 6.07) is 9.23. The lowest BCUT2D eigenvalue weighted by Gasteiger charge is -2.36. The van der Waals surface area contributed by atoms with Gasteiger partial charge in [0.15, 0.2) is 0 Å². The maximum Gasteiger partial charge on any atom is 0.416 e. The lowest BCUT2D eigenvalue weighted by Crippen LogP contribution is -2.54. The highest BCUT2D eigenvalue weighted by Gasteiger charge is 2.41. The summed E-state index contributed by atoms with van der Waals surface area (Å²) in [5.41, 5.74) is -3.30. The molecule has 3 rings (SSSR count). The minimum absolute atomic E-state index is 0.0396. The molecule has 180 valence electrons. The number of urea groups is 1. The molecule has 1 aromatic heterocycles. The van der Waals surface area contributed by atoms with E-state index < -0.39 is 34.9 Å². The number of hydrogen-bond acceptors (Lipinski definition) is 2. The molecule has 0 aliphatic heterocycles. The minimum atomic E-state index is -4.87. The molecule has 1 atom stereocenters. The van der Waals surface area contributed by atoms with Crippen LogP contribution in [0.4, 0.5) is 26.7 Å². The highest BCUT2D eigenvalue weighted by Crippen LogP contribution is 2.38. The molecular weight excluding hydrogens is 477 g/mol. The molecule has 2 N–H and O–H groups in total. The van der Waals surface area contributed by atoms with Gasteiger partial charge in [-0.05, 0) is 61.4 Å². The van der Waals surface area contributed by atoms with Crippen LogP contribution in [0.3, 0.4) is 0 Å². The zero-order valence-electron chi connectivity index (χ0n) is 18.2. The Labute approximate surface area is 198 Å². The zero-order chi connectivity index (χ0) is 25.1. The van der Waals surface area contributed by atoms with E-state index in [0.29, 0.717) is 6.07 Å². The molecule has 0 aliphatic carbocycles. The van der Waals surface area contributed by atoms with Crippen LogP contribution in [0.2, 0.25) is 5.02 Å². The summed E-state index contributed by atoms with van der Waals surface area (Å²) in [6.45, 7) is 3.37. The fraction of sp³-hybridized carbons (Fsp3) is 0.250. The van der Waals surface area contributed by atoms with Gasteiger partial charge in [-0.25, -0.2) is 13.6 Å². The highest BCUT2D eigenvalue weighted by molar-refractivity contribution is 6.30. The van der Waals surface area contributed by atoms with Crippen molar-refractivity contribution in [1.82, 2.24) is 15.6 Å².